The number of rotatable bonds is 10. The van der Waals surface area contributed by atoms with Crippen molar-refractivity contribution in [2.75, 3.05) is 18.0 Å². The van der Waals surface area contributed by atoms with Crippen molar-refractivity contribution in [3.8, 4) is 0 Å². The fourth-order valence-electron chi connectivity index (χ4n) is 12.3. The van der Waals surface area contributed by atoms with Crippen molar-refractivity contribution >= 4 is 17.7 Å². The van der Waals surface area contributed by atoms with Crippen LogP contribution in [0, 0.1) is 13.8 Å². The lowest BCUT2D eigenvalue weighted by molar-refractivity contribution is -0.425. The van der Waals surface area contributed by atoms with Crippen LogP contribution in [-0.2, 0) is 43.3 Å². The molecule has 84 heavy (non-hydrogen) atoms. The van der Waals surface area contributed by atoms with Crippen LogP contribution in [0.5, 0.6) is 0 Å². The van der Waals surface area contributed by atoms with Gasteiger partial charge in [0.05, 0.1) is 0 Å². The van der Waals surface area contributed by atoms with E-state index in [0.717, 1.165) is 13.1 Å². The lowest BCUT2D eigenvalue weighted by atomic mass is 9.76. The zero-order valence-electron chi connectivity index (χ0n) is 58.8. The third-order valence-electron chi connectivity index (χ3n) is 18.7. The van der Waals surface area contributed by atoms with Gasteiger partial charge in [0.15, 0.2) is 0 Å². The molecule has 0 radical (unpaired) electrons. The molecular formula is C81H115ClN2. The number of hydrogen-bond acceptors (Lipinski definition) is 1. The molecule has 0 saturated heterocycles. The lowest BCUT2D eigenvalue weighted by Crippen LogP contribution is -3.00. The predicted molar refractivity (Wildman–Crippen MR) is 366 cm³/mol. The van der Waals surface area contributed by atoms with Crippen molar-refractivity contribution in [3.05, 3.63) is 197 Å². The summed E-state index contributed by atoms with van der Waals surface area (Å²) in [6, 6.07) is 40.3. The third kappa shape index (κ3) is 15.1. The number of nitrogens with zero attached hydrogens (tertiary/aromatic N) is 2. The number of anilines is 1. The predicted octanol–water partition coefficient (Wildman–Crippen LogP) is 19.5. The normalized spacial score (nSPS) is 15.6. The van der Waals surface area contributed by atoms with E-state index in [1.54, 1.807) is 0 Å². The smallest absolute Gasteiger partial charge is 0.244 e. The molecule has 1 aliphatic heterocycles. The van der Waals surface area contributed by atoms with Crippen molar-refractivity contribution in [2.24, 2.45) is 0 Å². The molecular weight excluding hydrogens is 1040 g/mol. The average molecular weight is 1150 g/mol. The summed E-state index contributed by atoms with van der Waals surface area (Å²) < 4.78 is 2.69. The van der Waals surface area contributed by atoms with Crippen LogP contribution in [-0.4, -0.2) is 24.0 Å². The molecule has 3 heteroatoms. The molecule has 0 amide bonds. The highest BCUT2D eigenvalue weighted by Gasteiger charge is 2.37. The van der Waals surface area contributed by atoms with Crippen molar-refractivity contribution in [3.63, 3.8) is 0 Å². The molecule has 0 aliphatic carbocycles. The summed E-state index contributed by atoms with van der Waals surface area (Å²) in [7, 11) is 0. The van der Waals surface area contributed by atoms with E-state index in [4.69, 9.17) is 0 Å². The first-order valence-electron chi connectivity index (χ1n) is 32.0. The zero-order valence-corrected chi connectivity index (χ0v) is 59.6. The van der Waals surface area contributed by atoms with Crippen LogP contribution < -0.4 is 17.3 Å². The largest absolute Gasteiger partial charge is 1.00 e. The Kier molecular flexibility index (Phi) is 19.2. The van der Waals surface area contributed by atoms with Gasteiger partial charge in [-0.05, 0) is 124 Å². The summed E-state index contributed by atoms with van der Waals surface area (Å²) >= 11 is 0. The molecule has 0 saturated carbocycles. The van der Waals surface area contributed by atoms with E-state index in [2.05, 4.69) is 321 Å². The van der Waals surface area contributed by atoms with Gasteiger partial charge >= 0.3 is 0 Å². The highest BCUT2D eigenvalue weighted by Crippen LogP contribution is 2.48. The molecule has 6 aromatic rings. The molecule has 4 unspecified atom stereocenters. The van der Waals surface area contributed by atoms with E-state index in [-0.39, 0.29) is 79.4 Å². The number of hydrogen-bond donors (Lipinski definition) is 0. The first-order valence-corrected chi connectivity index (χ1v) is 32.0. The van der Waals surface area contributed by atoms with E-state index in [9.17, 15) is 0 Å². The molecule has 456 valence electrons. The molecule has 6 aromatic carbocycles. The Labute approximate surface area is 521 Å². The van der Waals surface area contributed by atoms with Crippen LogP contribution in [0.3, 0.4) is 0 Å². The van der Waals surface area contributed by atoms with Crippen LogP contribution in [0.2, 0.25) is 0 Å². The maximum Gasteiger partial charge on any atom is 0.244 e. The van der Waals surface area contributed by atoms with Gasteiger partial charge in [-0.3, -0.25) is 0 Å². The zero-order chi connectivity index (χ0) is 62.4. The van der Waals surface area contributed by atoms with Gasteiger partial charge in [-0.1, -0.05) is 302 Å². The van der Waals surface area contributed by atoms with E-state index in [1.807, 2.05) is 0 Å². The molecule has 1 aliphatic rings. The Bertz CT molecular complexity index is 3060. The molecule has 2 nitrogen and oxygen atoms in total. The van der Waals surface area contributed by atoms with Crippen LogP contribution in [0.25, 0.3) is 0 Å². The van der Waals surface area contributed by atoms with E-state index in [0.29, 0.717) is 0 Å². The SMILES string of the molecule is Cc1cc(C(C)c2cc(C(C)(C)C)cc(C(C)(C)C)c2)c(N2C=[N+](c3c(C(C)c4cc(C(C)(C)C)cc(C(C)(C)C)c4)cc(C)cc3C(C)c3cc(C(C)(C)C)cc(C(C)(C)C)c3)CC2)c(C(C)c2cc(C(C)(C)C)cc(C(C)(C)C)c2)c1.[Cl-]. The molecule has 1 heterocycles. The minimum absolute atomic E-state index is 0. The summed E-state index contributed by atoms with van der Waals surface area (Å²) in [6.45, 7) is 73.3. The Morgan fingerprint density at radius 1 is 0.310 bits per heavy atom. The number of benzene rings is 6. The number of aryl methyl sites for hydroxylation is 2. The number of halogens is 1. The summed E-state index contributed by atoms with van der Waals surface area (Å²) in [5.74, 6) is 0.491. The van der Waals surface area contributed by atoms with Crippen LogP contribution >= 0.6 is 0 Å². The van der Waals surface area contributed by atoms with Crippen LogP contribution in [0.15, 0.2) is 97.1 Å². The highest BCUT2D eigenvalue weighted by molar-refractivity contribution is 5.84. The summed E-state index contributed by atoms with van der Waals surface area (Å²) in [4.78, 5) is 2.69. The first kappa shape index (κ1) is 68.2. The monoisotopic (exact) mass is 1150 g/mol. The minimum Gasteiger partial charge on any atom is -1.00 e. The minimum atomic E-state index is -0.000615. The van der Waals surface area contributed by atoms with E-state index in [1.165, 1.54) is 112 Å². The maximum atomic E-state index is 2.69. The van der Waals surface area contributed by atoms with Gasteiger partial charge in [0.25, 0.3) is 0 Å². The van der Waals surface area contributed by atoms with Gasteiger partial charge in [0, 0.05) is 45.9 Å². The fraction of sp³-hybridized carbons (Fsp3) is 0.543. The molecule has 0 aromatic heterocycles. The molecule has 0 fully saturated rings. The molecule has 7 rings (SSSR count). The molecule has 4 atom stereocenters. The Balaban J connectivity index is 0.0000113. The standard InChI is InChI=1S/C81H115N2.ClH/c1-50-33-68(52(3)56-37-60(74(7,8)9)45-61(38-56)75(10,11)12)72(69(34-50)53(4)57-39-62(76(13,14)15)46-63(40-57)77(16,17)18)82-31-32-83(49-82)73-70(54(5)58-41-64(78(19,20)21)47-65(42-58)79(22,23)24)35-51(2)36-71(73)55(6)59-43-66(80(25,26)27)48-67(44-59)81(28,29)30;/h33-49,52-55H,31-32H2,1-30H3;1H/q+1;/p-1. The van der Waals surface area contributed by atoms with E-state index < -0.39 is 0 Å². The molecule has 0 spiro atoms. The Hall–Kier alpha value is -4.92. The van der Waals surface area contributed by atoms with Crippen LogP contribution in [0.1, 0.15) is 318 Å². The second-order valence-electron chi connectivity index (χ2n) is 34.3. The topological polar surface area (TPSA) is 6.25 Å². The second kappa shape index (κ2) is 23.6. The highest BCUT2D eigenvalue weighted by atomic mass is 35.5. The fourth-order valence-corrected chi connectivity index (χ4v) is 12.3. The van der Waals surface area contributed by atoms with Gasteiger partial charge in [0.2, 0.25) is 6.34 Å². The quantitative estimate of drug-likeness (QED) is 0.124. The van der Waals surface area contributed by atoms with Crippen molar-refractivity contribution < 1.29 is 17.0 Å². The molecule has 0 bridgehead atoms. The third-order valence-corrected chi connectivity index (χ3v) is 18.7. The van der Waals surface area contributed by atoms with Crippen LogP contribution in [0.4, 0.5) is 11.4 Å². The summed E-state index contributed by atoms with van der Waals surface area (Å²) in [6.07, 6.45) is 2.55. The van der Waals surface area contributed by atoms with Gasteiger partial charge in [-0.2, -0.15) is 0 Å². The van der Waals surface area contributed by atoms with Gasteiger partial charge in [-0.15, -0.1) is 0 Å². The van der Waals surface area contributed by atoms with Gasteiger partial charge in [0.1, 0.15) is 24.5 Å². The van der Waals surface area contributed by atoms with Gasteiger partial charge < -0.3 is 12.4 Å². The van der Waals surface area contributed by atoms with E-state index >= 15 is 0 Å². The maximum absolute atomic E-state index is 2.69. The Morgan fingerprint density at radius 3 is 0.726 bits per heavy atom. The summed E-state index contributed by atoms with van der Waals surface area (Å²) in [5, 5.41) is 0. The first-order chi connectivity index (χ1) is 37.6. The van der Waals surface area contributed by atoms with Crippen molar-refractivity contribution in [2.45, 2.75) is 275 Å². The van der Waals surface area contributed by atoms with Crippen molar-refractivity contribution in [1.82, 2.24) is 0 Å². The average Bonchev–Trinajstić information content (AvgIpc) is 3.98. The summed E-state index contributed by atoms with van der Waals surface area (Å²) in [5.41, 5.74) is 27.6. The van der Waals surface area contributed by atoms with Gasteiger partial charge in [-0.25, -0.2) is 9.48 Å². The van der Waals surface area contributed by atoms with Crippen molar-refractivity contribution in [1.29, 1.82) is 0 Å². The second-order valence-corrected chi connectivity index (χ2v) is 34.3. The Morgan fingerprint density at radius 2 is 0.512 bits per heavy atom. The molecule has 0 N–H and O–H groups in total. The lowest BCUT2D eigenvalue weighted by Gasteiger charge is -2.30.